The number of likely N-dealkylation sites (N-methyl/N-ethyl adjacent to an activating group) is 1. The molecular formula is C33H34ClN3O4S. The van der Waals surface area contributed by atoms with Crippen LogP contribution >= 0.6 is 11.6 Å². The van der Waals surface area contributed by atoms with E-state index in [1.54, 1.807) is 54.6 Å². The zero-order chi connectivity index (χ0) is 30.1. The molecule has 0 unspecified atom stereocenters. The van der Waals surface area contributed by atoms with Crippen molar-refractivity contribution in [2.24, 2.45) is 0 Å². The van der Waals surface area contributed by atoms with Gasteiger partial charge in [-0.15, -0.1) is 0 Å². The van der Waals surface area contributed by atoms with Gasteiger partial charge >= 0.3 is 0 Å². The van der Waals surface area contributed by atoms with Gasteiger partial charge in [-0.2, -0.15) is 0 Å². The lowest BCUT2D eigenvalue weighted by Gasteiger charge is -2.33. The van der Waals surface area contributed by atoms with Crippen LogP contribution in [0.2, 0.25) is 5.02 Å². The van der Waals surface area contributed by atoms with Crippen LogP contribution in [0.4, 0.5) is 5.69 Å². The molecule has 0 aliphatic rings. The fraction of sp³-hybridized carbons (Fsp3) is 0.212. The number of benzene rings is 4. The molecule has 218 valence electrons. The van der Waals surface area contributed by atoms with Crippen molar-refractivity contribution in [3.8, 4) is 0 Å². The Labute approximate surface area is 252 Å². The molecule has 4 rings (SSSR count). The van der Waals surface area contributed by atoms with E-state index in [2.05, 4.69) is 5.32 Å². The lowest BCUT2D eigenvalue weighted by Crippen LogP contribution is -2.53. The number of carbonyl (C=O) groups excluding carboxylic acids is 2. The van der Waals surface area contributed by atoms with Crippen LogP contribution in [0.15, 0.2) is 114 Å². The summed E-state index contributed by atoms with van der Waals surface area (Å²) in [6.45, 7) is 1.50. The third kappa shape index (κ3) is 7.38. The second-order valence-corrected chi connectivity index (χ2v) is 12.0. The number of rotatable bonds is 12. The maximum Gasteiger partial charge on any atom is 0.264 e. The van der Waals surface area contributed by atoms with Crippen molar-refractivity contribution in [1.29, 1.82) is 0 Å². The number of carbonyl (C=O) groups is 2. The van der Waals surface area contributed by atoms with Gasteiger partial charge in [-0.25, -0.2) is 8.42 Å². The number of sulfonamides is 1. The molecule has 0 saturated carbocycles. The van der Waals surface area contributed by atoms with Gasteiger partial charge in [-0.05, 0) is 53.4 Å². The minimum absolute atomic E-state index is 0.0113. The summed E-state index contributed by atoms with van der Waals surface area (Å²) in [6.07, 6.45) is 1.01. The minimum atomic E-state index is -4.13. The number of halogens is 1. The smallest absolute Gasteiger partial charge is 0.264 e. The molecule has 0 aliphatic carbocycles. The Hall–Kier alpha value is -4.14. The van der Waals surface area contributed by atoms with Gasteiger partial charge in [0, 0.05) is 25.0 Å². The van der Waals surface area contributed by atoms with Crippen LogP contribution in [0.3, 0.4) is 0 Å². The van der Waals surface area contributed by atoms with Crippen LogP contribution in [0, 0.1) is 0 Å². The molecule has 1 atom stereocenters. The number of amides is 2. The fourth-order valence-electron chi connectivity index (χ4n) is 4.68. The molecule has 0 fully saturated rings. The lowest BCUT2D eigenvalue weighted by molar-refractivity contribution is -0.139. The highest BCUT2D eigenvalue weighted by atomic mass is 35.5. The molecule has 0 heterocycles. The molecule has 9 heteroatoms. The van der Waals surface area contributed by atoms with E-state index in [4.69, 9.17) is 11.6 Å². The van der Waals surface area contributed by atoms with Crippen LogP contribution in [0.1, 0.15) is 23.6 Å². The van der Waals surface area contributed by atoms with Gasteiger partial charge in [0.05, 0.1) is 10.6 Å². The van der Waals surface area contributed by atoms with Crippen molar-refractivity contribution in [1.82, 2.24) is 10.2 Å². The first kappa shape index (κ1) is 30.8. The van der Waals surface area contributed by atoms with E-state index in [1.165, 1.54) is 24.1 Å². The number of anilines is 1. The number of nitrogens with one attached hydrogen (secondary N) is 1. The number of hydrogen-bond donors (Lipinski definition) is 1. The molecule has 0 aliphatic heterocycles. The van der Waals surface area contributed by atoms with Crippen LogP contribution in [0.5, 0.6) is 0 Å². The van der Waals surface area contributed by atoms with Crippen molar-refractivity contribution in [2.45, 2.75) is 37.2 Å². The largest absolute Gasteiger partial charge is 0.357 e. The second-order valence-electron chi connectivity index (χ2n) is 9.78. The predicted molar refractivity (Wildman–Crippen MR) is 167 cm³/mol. The Morgan fingerprint density at radius 1 is 0.810 bits per heavy atom. The highest BCUT2D eigenvalue weighted by Crippen LogP contribution is 2.26. The summed E-state index contributed by atoms with van der Waals surface area (Å²) < 4.78 is 29.0. The lowest BCUT2D eigenvalue weighted by atomic mass is 10.0. The molecule has 0 spiro atoms. The Kier molecular flexibility index (Phi) is 10.4. The van der Waals surface area contributed by atoms with Gasteiger partial charge in [0.15, 0.2) is 0 Å². The quantitative estimate of drug-likeness (QED) is 0.232. The molecule has 4 aromatic rings. The van der Waals surface area contributed by atoms with Gasteiger partial charge in [0.1, 0.15) is 12.6 Å². The summed E-state index contributed by atoms with van der Waals surface area (Å²) in [6, 6.07) is 30.6. The molecule has 0 radical (unpaired) electrons. The van der Waals surface area contributed by atoms with E-state index in [0.29, 0.717) is 16.3 Å². The maximum absolute atomic E-state index is 14.3. The van der Waals surface area contributed by atoms with E-state index in [0.717, 1.165) is 21.9 Å². The fourth-order valence-corrected chi connectivity index (χ4v) is 6.31. The van der Waals surface area contributed by atoms with E-state index in [1.807, 2.05) is 49.4 Å². The van der Waals surface area contributed by atoms with Gasteiger partial charge < -0.3 is 10.2 Å². The normalized spacial score (nSPS) is 11.9. The van der Waals surface area contributed by atoms with Crippen LogP contribution in [-0.4, -0.2) is 44.8 Å². The topological polar surface area (TPSA) is 86.8 Å². The Bertz CT molecular complexity index is 1600. The molecule has 1 N–H and O–H groups in total. The summed E-state index contributed by atoms with van der Waals surface area (Å²) in [4.78, 5) is 29.1. The Balaban J connectivity index is 1.79. The van der Waals surface area contributed by atoms with Crippen LogP contribution in [0.25, 0.3) is 0 Å². The molecule has 2 amide bonds. The van der Waals surface area contributed by atoms with Gasteiger partial charge in [0.2, 0.25) is 11.8 Å². The van der Waals surface area contributed by atoms with Crippen LogP contribution in [-0.2, 0) is 39.0 Å². The predicted octanol–water partition coefficient (Wildman–Crippen LogP) is 5.48. The van der Waals surface area contributed by atoms with Crippen molar-refractivity contribution in [2.75, 3.05) is 17.9 Å². The second kappa shape index (κ2) is 14.2. The Morgan fingerprint density at radius 2 is 1.40 bits per heavy atom. The number of hydrogen-bond acceptors (Lipinski definition) is 4. The summed E-state index contributed by atoms with van der Waals surface area (Å²) in [7, 11) is -2.62. The Morgan fingerprint density at radius 3 is 2.00 bits per heavy atom. The number of nitrogens with zero attached hydrogens (tertiary/aromatic N) is 2. The first-order chi connectivity index (χ1) is 20.2. The highest BCUT2D eigenvalue weighted by Gasteiger charge is 2.34. The summed E-state index contributed by atoms with van der Waals surface area (Å²) >= 11 is 6.49. The number of aryl methyl sites for hydroxylation is 1. The van der Waals surface area contributed by atoms with Gasteiger partial charge in [-0.1, -0.05) is 97.4 Å². The standard InChI is InChI=1S/C33H34ClN3O4S/c1-3-25-18-20-28(21-19-25)37(42(40,41)29-15-8-5-9-16-29)24-32(38)36(23-27-14-10-11-17-30(27)34)31(33(39)35-2)22-26-12-6-4-7-13-26/h4-21,31H,3,22-24H2,1-2H3,(H,35,39)/t31-/m1/s1. The first-order valence-corrected chi connectivity index (χ1v) is 15.5. The summed E-state index contributed by atoms with van der Waals surface area (Å²) in [5.41, 5.74) is 2.87. The van der Waals surface area contributed by atoms with Gasteiger partial charge in [-0.3, -0.25) is 13.9 Å². The van der Waals surface area contributed by atoms with E-state index in [9.17, 15) is 18.0 Å². The molecular weight excluding hydrogens is 570 g/mol. The molecule has 0 bridgehead atoms. The zero-order valence-electron chi connectivity index (χ0n) is 23.6. The van der Waals surface area contributed by atoms with Gasteiger partial charge in [0.25, 0.3) is 10.0 Å². The SMILES string of the molecule is CCc1ccc(N(CC(=O)N(Cc2ccccc2Cl)[C@H](Cc2ccccc2)C(=O)NC)S(=O)(=O)c2ccccc2)cc1. The minimum Gasteiger partial charge on any atom is -0.357 e. The van der Waals surface area contributed by atoms with Crippen molar-refractivity contribution in [3.63, 3.8) is 0 Å². The van der Waals surface area contributed by atoms with E-state index in [-0.39, 0.29) is 23.8 Å². The highest BCUT2D eigenvalue weighted by molar-refractivity contribution is 7.92. The molecule has 4 aromatic carbocycles. The molecule has 0 saturated heterocycles. The average Bonchev–Trinajstić information content (AvgIpc) is 3.02. The van der Waals surface area contributed by atoms with Crippen LogP contribution < -0.4 is 9.62 Å². The molecule has 7 nitrogen and oxygen atoms in total. The average molecular weight is 604 g/mol. The molecule has 0 aromatic heterocycles. The summed E-state index contributed by atoms with van der Waals surface area (Å²) in [5.74, 6) is -0.914. The third-order valence-electron chi connectivity index (χ3n) is 7.06. The van der Waals surface area contributed by atoms with E-state index < -0.39 is 28.5 Å². The van der Waals surface area contributed by atoms with E-state index >= 15 is 0 Å². The van der Waals surface area contributed by atoms with Crippen molar-refractivity contribution < 1.29 is 18.0 Å². The molecule has 42 heavy (non-hydrogen) atoms. The van der Waals surface area contributed by atoms with Crippen molar-refractivity contribution >= 4 is 39.1 Å². The van der Waals surface area contributed by atoms with Crippen molar-refractivity contribution in [3.05, 3.63) is 131 Å². The first-order valence-electron chi connectivity index (χ1n) is 13.7. The summed E-state index contributed by atoms with van der Waals surface area (Å²) in [5, 5.41) is 3.12. The maximum atomic E-state index is 14.3. The monoisotopic (exact) mass is 603 g/mol. The third-order valence-corrected chi connectivity index (χ3v) is 9.22. The zero-order valence-corrected chi connectivity index (χ0v) is 25.2.